The minimum atomic E-state index is -0.544. The smallest absolute Gasteiger partial charge is 0.0992 e. The van der Waals surface area contributed by atoms with Crippen LogP contribution in [-0.4, -0.2) is 31.4 Å². The molecule has 2 atom stereocenters. The van der Waals surface area contributed by atoms with Gasteiger partial charge in [-0.05, 0) is 25.5 Å². The summed E-state index contributed by atoms with van der Waals surface area (Å²) in [6.45, 7) is 3.22. The van der Waals surface area contributed by atoms with Gasteiger partial charge in [-0.15, -0.1) is 0 Å². The third-order valence-electron chi connectivity index (χ3n) is 3.44. The molecular weight excluding hydrogens is 228 g/mol. The quantitative estimate of drug-likeness (QED) is 0.884. The predicted octanol–water partition coefficient (Wildman–Crippen LogP) is 1.84. The van der Waals surface area contributed by atoms with Gasteiger partial charge in [-0.25, -0.2) is 0 Å². The van der Waals surface area contributed by atoms with Crippen molar-refractivity contribution in [1.29, 1.82) is 5.26 Å². The summed E-state index contributed by atoms with van der Waals surface area (Å²) >= 11 is 0. The number of anilines is 1. The van der Waals surface area contributed by atoms with Gasteiger partial charge in [0, 0.05) is 24.9 Å². The maximum Gasteiger partial charge on any atom is 0.0992 e. The molecule has 4 heteroatoms. The summed E-state index contributed by atoms with van der Waals surface area (Å²) in [7, 11) is 1.99. The van der Waals surface area contributed by atoms with Crippen molar-refractivity contribution in [3.8, 4) is 6.07 Å². The molecule has 2 unspecified atom stereocenters. The topological polar surface area (TPSA) is 56.5 Å². The normalized spacial score (nSPS) is 20.4. The number of ether oxygens (including phenoxy) is 1. The number of aliphatic hydroxyl groups is 1. The van der Waals surface area contributed by atoms with Gasteiger partial charge in [0.2, 0.25) is 0 Å². The first-order valence-electron chi connectivity index (χ1n) is 6.16. The highest BCUT2D eigenvalue weighted by Crippen LogP contribution is 2.29. The lowest BCUT2D eigenvalue weighted by atomic mass is 10.0. The minimum Gasteiger partial charge on any atom is -0.389 e. The van der Waals surface area contributed by atoms with Gasteiger partial charge >= 0.3 is 0 Å². The number of nitriles is 1. The number of likely N-dealkylation sites (N-methyl/N-ethyl adjacent to an activating group) is 1. The zero-order valence-corrected chi connectivity index (χ0v) is 10.8. The van der Waals surface area contributed by atoms with Crippen molar-refractivity contribution in [2.45, 2.75) is 25.5 Å². The van der Waals surface area contributed by atoms with Gasteiger partial charge in [0.15, 0.2) is 0 Å². The first-order valence-corrected chi connectivity index (χ1v) is 6.16. The molecule has 0 bridgehead atoms. The van der Waals surface area contributed by atoms with E-state index >= 15 is 0 Å². The highest BCUT2D eigenvalue weighted by Gasteiger charge is 2.23. The van der Waals surface area contributed by atoms with Crippen LogP contribution >= 0.6 is 0 Å². The molecule has 1 saturated heterocycles. The van der Waals surface area contributed by atoms with Crippen LogP contribution in [0.15, 0.2) is 18.2 Å². The van der Waals surface area contributed by atoms with E-state index < -0.39 is 6.10 Å². The van der Waals surface area contributed by atoms with Gasteiger partial charge in [-0.2, -0.15) is 5.26 Å². The van der Waals surface area contributed by atoms with E-state index in [1.807, 2.05) is 19.2 Å². The van der Waals surface area contributed by atoms with Crippen molar-refractivity contribution in [1.82, 2.24) is 0 Å². The minimum absolute atomic E-state index is 0.316. The van der Waals surface area contributed by atoms with E-state index in [1.54, 1.807) is 13.0 Å². The van der Waals surface area contributed by atoms with Crippen molar-refractivity contribution in [2.75, 3.05) is 25.2 Å². The highest BCUT2D eigenvalue weighted by molar-refractivity contribution is 5.58. The average Bonchev–Trinajstić information content (AvgIpc) is 2.90. The van der Waals surface area contributed by atoms with Gasteiger partial charge < -0.3 is 14.7 Å². The second-order valence-corrected chi connectivity index (χ2v) is 4.69. The summed E-state index contributed by atoms with van der Waals surface area (Å²) in [5.41, 5.74) is 2.38. The summed E-state index contributed by atoms with van der Waals surface area (Å²) in [6, 6.07) is 7.85. The molecule has 1 aliphatic rings. The predicted molar refractivity (Wildman–Crippen MR) is 69.4 cm³/mol. The van der Waals surface area contributed by atoms with E-state index in [4.69, 9.17) is 10.00 Å². The lowest BCUT2D eigenvalue weighted by molar-refractivity contribution is 0.192. The van der Waals surface area contributed by atoms with E-state index in [0.29, 0.717) is 18.2 Å². The van der Waals surface area contributed by atoms with Crippen LogP contribution in [-0.2, 0) is 4.74 Å². The Morgan fingerprint density at radius 3 is 2.89 bits per heavy atom. The third-order valence-corrected chi connectivity index (χ3v) is 3.44. The van der Waals surface area contributed by atoms with Crippen LogP contribution in [0.2, 0.25) is 0 Å². The summed E-state index contributed by atoms with van der Waals surface area (Å²) in [4.78, 5) is 2.11. The molecule has 2 rings (SSSR count). The largest absolute Gasteiger partial charge is 0.389 e. The molecule has 0 aromatic heterocycles. The maximum atomic E-state index is 9.82. The van der Waals surface area contributed by atoms with Crippen LogP contribution in [0.4, 0.5) is 5.69 Å². The SMILES string of the molecule is CC(O)c1ccc(C#N)cc1N(C)C1CCOC1. The van der Waals surface area contributed by atoms with Crippen LogP contribution in [0.25, 0.3) is 0 Å². The summed E-state index contributed by atoms with van der Waals surface area (Å²) < 4.78 is 5.39. The molecule has 0 aliphatic carbocycles. The molecule has 18 heavy (non-hydrogen) atoms. The van der Waals surface area contributed by atoms with Gasteiger partial charge in [-0.3, -0.25) is 0 Å². The molecule has 1 heterocycles. The van der Waals surface area contributed by atoms with E-state index in [0.717, 1.165) is 24.3 Å². The van der Waals surface area contributed by atoms with Gasteiger partial charge in [0.05, 0.1) is 30.4 Å². The monoisotopic (exact) mass is 246 g/mol. The van der Waals surface area contributed by atoms with Gasteiger partial charge in [-0.1, -0.05) is 6.07 Å². The summed E-state index contributed by atoms with van der Waals surface area (Å²) in [5.74, 6) is 0. The standard InChI is InChI=1S/C14H18N2O2/c1-10(17)13-4-3-11(8-15)7-14(13)16(2)12-5-6-18-9-12/h3-4,7,10,12,17H,5-6,9H2,1-2H3. The Labute approximate surface area is 107 Å². The van der Waals surface area contributed by atoms with Crippen LogP contribution in [0.5, 0.6) is 0 Å². The maximum absolute atomic E-state index is 9.82. The Hall–Kier alpha value is -1.57. The van der Waals surface area contributed by atoms with Crippen molar-refractivity contribution in [2.24, 2.45) is 0 Å². The number of hydrogen-bond donors (Lipinski definition) is 1. The lowest BCUT2D eigenvalue weighted by Crippen LogP contribution is -2.32. The molecule has 0 spiro atoms. The molecule has 1 aromatic rings. The number of benzene rings is 1. The number of rotatable bonds is 3. The van der Waals surface area contributed by atoms with Crippen molar-refractivity contribution in [3.05, 3.63) is 29.3 Å². The second-order valence-electron chi connectivity index (χ2n) is 4.69. The van der Waals surface area contributed by atoms with Crippen LogP contribution in [0, 0.1) is 11.3 Å². The fourth-order valence-electron chi connectivity index (χ4n) is 2.30. The zero-order valence-electron chi connectivity index (χ0n) is 10.8. The Bertz CT molecular complexity index is 459. The Kier molecular flexibility index (Phi) is 3.85. The first-order chi connectivity index (χ1) is 8.63. The zero-order chi connectivity index (χ0) is 13.1. The van der Waals surface area contributed by atoms with Crippen molar-refractivity contribution in [3.63, 3.8) is 0 Å². The Morgan fingerprint density at radius 1 is 1.56 bits per heavy atom. The fraction of sp³-hybridized carbons (Fsp3) is 0.500. The highest BCUT2D eigenvalue weighted by atomic mass is 16.5. The molecular formula is C14H18N2O2. The van der Waals surface area contributed by atoms with Crippen LogP contribution in [0.1, 0.15) is 30.6 Å². The average molecular weight is 246 g/mol. The van der Waals surface area contributed by atoms with Gasteiger partial charge in [0.25, 0.3) is 0 Å². The summed E-state index contributed by atoms with van der Waals surface area (Å²) in [5, 5.41) is 18.8. The fourth-order valence-corrected chi connectivity index (χ4v) is 2.30. The summed E-state index contributed by atoms with van der Waals surface area (Å²) in [6.07, 6.45) is 0.435. The van der Waals surface area contributed by atoms with E-state index in [1.165, 1.54) is 0 Å². The molecule has 0 saturated carbocycles. The van der Waals surface area contributed by atoms with Crippen molar-refractivity contribution >= 4 is 5.69 Å². The Morgan fingerprint density at radius 2 is 2.33 bits per heavy atom. The molecule has 1 fully saturated rings. The van der Waals surface area contributed by atoms with E-state index in [2.05, 4.69) is 11.0 Å². The first kappa shape index (κ1) is 12.9. The number of aliphatic hydroxyl groups excluding tert-OH is 1. The van der Waals surface area contributed by atoms with Crippen LogP contribution < -0.4 is 4.90 Å². The van der Waals surface area contributed by atoms with E-state index in [-0.39, 0.29) is 0 Å². The molecule has 1 N–H and O–H groups in total. The number of nitrogens with zero attached hydrogens (tertiary/aromatic N) is 2. The third kappa shape index (κ3) is 2.47. The number of hydrogen-bond acceptors (Lipinski definition) is 4. The second kappa shape index (κ2) is 5.38. The lowest BCUT2D eigenvalue weighted by Gasteiger charge is -2.28. The molecule has 96 valence electrons. The molecule has 1 aromatic carbocycles. The van der Waals surface area contributed by atoms with Crippen LogP contribution in [0.3, 0.4) is 0 Å². The molecule has 4 nitrogen and oxygen atoms in total. The van der Waals surface area contributed by atoms with Crippen molar-refractivity contribution < 1.29 is 9.84 Å². The molecule has 0 radical (unpaired) electrons. The molecule has 1 aliphatic heterocycles. The molecule has 0 amide bonds. The Balaban J connectivity index is 2.36. The van der Waals surface area contributed by atoms with Gasteiger partial charge in [0.1, 0.15) is 0 Å². The van der Waals surface area contributed by atoms with E-state index in [9.17, 15) is 5.11 Å².